The Morgan fingerprint density at radius 1 is 1.56 bits per heavy atom. The molecule has 16 heavy (non-hydrogen) atoms. The van der Waals surface area contributed by atoms with Gasteiger partial charge in [-0.1, -0.05) is 0 Å². The minimum atomic E-state index is -0.982. The molecule has 1 aromatic carbocycles. The molecule has 0 spiro atoms. The zero-order valence-corrected chi connectivity index (χ0v) is 10.5. The summed E-state index contributed by atoms with van der Waals surface area (Å²) in [4.78, 5) is 10.1. The molecule has 0 amide bonds. The fourth-order valence-electron chi connectivity index (χ4n) is 0.971. The Labute approximate surface area is 101 Å². The molecular formula is C10H12BrNO4. The number of halogens is 1. The van der Waals surface area contributed by atoms with Crippen LogP contribution < -0.4 is 4.74 Å². The van der Waals surface area contributed by atoms with Crippen LogP contribution in [0.1, 0.15) is 13.8 Å². The number of benzene rings is 1. The second-order valence-electron chi connectivity index (χ2n) is 3.97. The van der Waals surface area contributed by atoms with Crippen molar-refractivity contribution < 1.29 is 14.8 Å². The van der Waals surface area contributed by atoms with Crippen LogP contribution in [0.2, 0.25) is 0 Å². The van der Waals surface area contributed by atoms with Crippen LogP contribution in [-0.2, 0) is 0 Å². The van der Waals surface area contributed by atoms with Crippen molar-refractivity contribution >= 4 is 21.6 Å². The molecular weight excluding hydrogens is 278 g/mol. The van der Waals surface area contributed by atoms with Crippen molar-refractivity contribution in [3.63, 3.8) is 0 Å². The Morgan fingerprint density at radius 2 is 2.19 bits per heavy atom. The summed E-state index contributed by atoms with van der Waals surface area (Å²) in [6, 6.07) is 4.23. The lowest BCUT2D eigenvalue weighted by atomic mass is 10.2. The van der Waals surface area contributed by atoms with E-state index >= 15 is 0 Å². The van der Waals surface area contributed by atoms with E-state index in [4.69, 9.17) is 4.74 Å². The molecule has 0 fully saturated rings. The van der Waals surface area contributed by atoms with Gasteiger partial charge in [0.15, 0.2) is 0 Å². The summed E-state index contributed by atoms with van der Waals surface area (Å²) < 4.78 is 5.90. The summed E-state index contributed by atoms with van der Waals surface area (Å²) >= 11 is 3.22. The fourth-order valence-corrected chi connectivity index (χ4v) is 1.33. The highest BCUT2D eigenvalue weighted by atomic mass is 79.9. The minimum absolute atomic E-state index is 0.0473. The molecule has 0 radical (unpaired) electrons. The van der Waals surface area contributed by atoms with Crippen LogP contribution >= 0.6 is 15.9 Å². The topological polar surface area (TPSA) is 72.6 Å². The molecule has 0 bridgehead atoms. The highest BCUT2D eigenvalue weighted by Gasteiger charge is 2.16. The predicted molar refractivity (Wildman–Crippen MR) is 62.6 cm³/mol. The molecule has 0 saturated heterocycles. The van der Waals surface area contributed by atoms with E-state index in [-0.39, 0.29) is 12.3 Å². The van der Waals surface area contributed by atoms with Crippen LogP contribution in [0.3, 0.4) is 0 Å². The predicted octanol–water partition coefficient (Wildman–Crippen LogP) is 2.51. The maximum Gasteiger partial charge on any atom is 0.273 e. The molecule has 0 saturated carbocycles. The van der Waals surface area contributed by atoms with Gasteiger partial charge >= 0.3 is 0 Å². The molecule has 0 aliphatic carbocycles. The van der Waals surface area contributed by atoms with Gasteiger partial charge in [-0.15, -0.1) is 0 Å². The summed E-state index contributed by atoms with van der Waals surface area (Å²) in [5.41, 5.74) is -1.03. The summed E-state index contributed by atoms with van der Waals surface area (Å²) in [5.74, 6) is 0.344. The summed E-state index contributed by atoms with van der Waals surface area (Å²) in [6.45, 7) is 3.25. The molecule has 1 N–H and O–H groups in total. The Balaban J connectivity index is 2.86. The van der Waals surface area contributed by atoms with Crippen LogP contribution in [0, 0.1) is 10.1 Å². The number of nitro groups is 1. The first-order valence-electron chi connectivity index (χ1n) is 4.59. The van der Waals surface area contributed by atoms with E-state index in [2.05, 4.69) is 15.9 Å². The monoisotopic (exact) mass is 289 g/mol. The molecule has 5 nitrogen and oxygen atoms in total. The van der Waals surface area contributed by atoms with Gasteiger partial charge in [0.05, 0.1) is 21.1 Å². The average Bonchev–Trinajstić information content (AvgIpc) is 2.14. The van der Waals surface area contributed by atoms with Crippen molar-refractivity contribution in [1.29, 1.82) is 0 Å². The number of aliphatic hydroxyl groups is 1. The molecule has 1 rings (SSSR count). The highest BCUT2D eigenvalue weighted by Crippen LogP contribution is 2.29. The standard InChI is InChI=1S/C10H12BrNO4/c1-10(2,13)6-16-9-5-7(12(14)15)3-4-8(9)11/h3-5,13H,6H2,1-2H3. The zero-order valence-electron chi connectivity index (χ0n) is 8.94. The van der Waals surface area contributed by atoms with Crippen molar-refractivity contribution in [3.05, 3.63) is 32.8 Å². The van der Waals surface area contributed by atoms with Gasteiger partial charge in [0.2, 0.25) is 0 Å². The highest BCUT2D eigenvalue weighted by molar-refractivity contribution is 9.10. The lowest BCUT2D eigenvalue weighted by Gasteiger charge is -2.18. The van der Waals surface area contributed by atoms with Crippen molar-refractivity contribution in [2.24, 2.45) is 0 Å². The van der Waals surface area contributed by atoms with E-state index in [1.165, 1.54) is 18.2 Å². The molecule has 0 heterocycles. The zero-order chi connectivity index (χ0) is 12.3. The summed E-state index contributed by atoms with van der Waals surface area (Å²) in [5, 5.41) is 20.0. The number of nitrogens with zero attached hydrogens (tertiary/aromatic N) is 1. The van der Waals surface area contributed by atoms with Gasteiger partial charge in [0.1, 0.15) is 12.4 Å². The van der Waals surface area contributed by atoms with Crippen molar-refractivity contribution in [3.8, 4) is 5.75 Å². The van der Waals surface area contributed by atoms with Crippen molar-refractivity contribution in [2.75, 3.05) is 6.61 Å². The quantitative estimate of drug-likeness (QED) is 0.683. The van der Waals surface area contributed by atoms with Gasteiger partial charge < -0.3 is 9.84 Å². The second kappa shape index (κ2) is 4.80. The normalized spacial score (nSPS) is 11.2. The molecule has 0 aliphatic rings. The van der Waals surface area contributed by atoms with Crippen molar-refractivity contribution in [2.45, 2.75) is 19.4 Å². The van der Waals surface area contributed by atoms with E-state index in [0.29, 0.717) is 10.2 Å². The second-order valence-corrected chi connectivity index (χ2v) is 4.83. The average molecular weight is 290 g/mol. The Kier molecular flexibility index (Phi) is 3.88. The number of ether oxygens (including phenoxy) is 1. The van der Waals surface area contributed by atoms with Crippen LogP contribution in [-0.4, -0.2) is 22.2 Å². The third-order valence-corrected chi connectivity index (χ3v) is 2.36. The van der Waals surface area contributed by atoms with Crippen LogP contribution in [0.25, 0.3) is 0 Å². The van der Waals surface area contributed by atoms with Crippen LogP contribution in [0.15, 0.2) is 22.7 Å². The molecule has 0 aromatic heterocycles. The smallest absolute Gasteiger partial charge is 0.273 e. The lowest BCUT2D eigenvalue weighted by Crippen LogP contribution is -2.27. The third kappa shape index (κ3) is 3.79. The van der Waals surface area contributed by atoms with Crippen molar-refractivity contribution in [1.82, 2.24) is 0 Å². The molecule has 6 heteroatoms. The van der Waals surface area contributed by atoms with Gasteiger partial charge in [-0.3, -0.25) is 10.1 Å². The molecule has 0 unspecified atom stereocenters. The first-order chi connectivity index (χ1) is 7.29. The van der Waals surface area contributed by atoms with Crippen LogP contribution in [0.5, 0.6) is 5.75 Å². The lowest BCUT2D eigenvalue weighted by molar-refractivity contribution is -0.385. The first kappa shape index (κ1) is 12.9. The van der Waals surface area contributed by atoms with E-state index in [1.54, 1.807) is 13.8 Å². The third-order valence-electron chi connectivity index (χ3n) is 1.71. The Hall–Kier alpha value is -1.14. The van der Waals surface area contributed by atoms with E-state index in [0.717, 1.165) is 0 Å². The van der Waals surface area contributed by atoms with E-state index < -0.39 is 10.5 Å². The number of hydrogen-bond donors (Lipinski definition) is 1. The van der Waals surface area contributed by atoms with Crippen LogP contribution in [0.4, 0.5) is 5.69 Å². The molecule has 0 aliphatic heterocycles. The fraction of sp³-hybridized carbons (Fsp3) is 0.400. The molecule has 88 valence electrons. The van der Waals surface area contributed by atoms with E-state index in [1.807, 2.05) is 0 Å². The SMILES string of the molecule is CC(C)(O)COc1cc([N+](=O)[O-])ccc1Br. The number of non-ortho nitro benzene ring substituents is 1. The van der Waals surface area contributed by atoms with Gasteiger partial charge in [-0.05, 0) is 35.8 Å². The maximum atomic E-state index is 10.6. The largest absolute Gasteiger partial charge is 0.489 e. The van der Waals surface area contributed by atoms with Gasteiger partial charge in [0, 0.05) is 6.07 Å². The number of nitro benzene ring substituents is 1. The van der Waals surface area contributed by atoms with Gasteiger partial charge in [-0.2, -0.15) is 0 Å². The Bertz CT molecular complexity index is 400. The van der Waals surface area contributed by atoms with Gasteiger partial charge in [0.25, 0.3) is 5.69 Å². The number of rotatable bonds is 4. The van der Waals surface area contributed by atoms with E-state index in [9.17, 15) is 15.2 Å². The molecule has 1 aromatic rings. The van der Waals surface area contributed by atoms with Gasteiger partial charge in [-0.25, -0.2) is 0 Å². The summed E-state index contributed by atoms with van der Waals surface area (Å²) in [6.07, 6.45) is 0. The summed E-state index contributed by atoms with van der Waals surface area (Å²) in [7, 11) is 0. The first-order valence-corrected chi connectivity index (χ1v) is 5.38. The Morgan fingerprint density at radius 3 is 2.69 bits per heavy atom. The minimum Gasteiger partial charge on any atom is -0.489 e. The maximum absolute atomic E-state index is 10.6. The molecule has 0 atom stereocenters. The number of hydrogen-bond acceptors (Lipinski definition) is 4.